The van der Waals surface area contributed by atoms with Crippen LogP contribution in [0.5, 0.6) is 5.75 Å². The van der Waals surface area contributed by atoms with E-state index in [0.717, 1.165) is 21.8 Å². The number of hydrogen-bond acceptors (Lipinski definition) is 3. The molecule has 2 aromatic rings. The molecule has 0 unspecified atom stereocenters. The minimum atomic E-state index is 0.0853. The Bertz CT molecular complexity index is 547. The molecule has 0 aliphatic rings. The lowest BCUT2D eigenvalue weighted by molar-refractivity contribution is 0.101. The third-order valence-corrected chi connectivity index (χ3v) is 3.65. The number of rotatable bonds is 4. The van der Waals surface area contributed by atoms with Crippen molar-refractivity contribution in [3.8, 4) is 5.75 Å². The number of phenols is 1. The van der Waals surface area contributed by atoms with Gasteiger partial charge < -0.3 is 5.11 Å². The van der Waals surface area contributed by atoms with E-state index in [9.17, 15) is 9.90 Å². The maximum atomic E-state index is 11.3. The van der Waals surface area contributed by atoms with Crippen molar-refractivity contribution < 1.29 is 9.90 Å². The van der Waals surface area contributed by atoms with Crippen LogP contribution in [-0.2, 0) is 5.75 Å². The fourth-order valence-corrected chi connectivity index (χ4v) is 2.47. The molecule has 0 fully saturated rings. The van der Waals surface area contributed by atoms with Crippen molar-refractivity contribution in [2.45, 2.75) is 17.6 Å². The molecule has 0 heterocycles. The highest BCUT2D eigenvalue weighted by Crippen LogP contribution is 2.24. The predicted octanol–water partition coefficient (Wildman–Crippen LogP) is 3.89. The molecule has 0 spiro atoms. The zero-order valence-corrected chi connectivity index (χ0v) is 10.9. The van der Waals surface area contributed by atoms with E-state index in [0.29, 0.717) is 0 Å². The van der Waals surface area contributed by atoms with Gasteiger partial charge in [0, 0.05) is 16.2 Å². The number of ketones is 1. The Balaban J connectivity index is 2.04. The second-order valence-corrected chi connectivity index (χ2v) is 5.09. The Labute approximate surface area is 111 Å². The summed E-state index contributed by atoms with van der Waals surface area (Å²) in [5.41, 5.74) is 1.89. The van der Waals surface area contributed by atoms with Crippen molar-refractivity contribution in [2.75, 3.05) is 0 Å². The largest absolute Gasteiger partial charge is 0.508 e. The van der Waals surface area contributed by atoms with Crippen molar-refractivity contribution in [1.82, 2.24) is 0 Å². The summed E-state index contributed by atoms with van der Waals surface area (Å²) in [7, 11) is 0. The van der Waals surface area contributed by atoms with Crippen LogP contribution in [0.4, 0.5) is 0 Å². The predicted molar refractivity (Wildman–Crippen MR) is 74.1 cm³/mol. The van der Waals surface area contributed by atoms with Gasteiger partial charge in [-0.05, 0) is 36.8 Å². The van der Waals surface area contributed by atoms with Crippen LogP contribution in [0.1, 0.15) is 22.8 Å². The highest BCUT2D eigenvalue weighted by molar-refractivity contribution is 7.98. The van der Waals surface area contributed by atoms with Crippen molar-refractivity contribution in [2.24, 2.45) is 0 Å². The van der Waals surface area contributed by atoms with E-state index in [1.807, 2.05) is 36.4 Å². The maximum absolute atomic E-state index is 11.3. The molecule has 2 aromatic carbocycles. The second kappa shape index (κ2) is 5.74. The molecule has 3 heteroatoms. The van der Waals surface area contributed by atoms with Crippen LogP contribution in [0.3, 0.4) is 0 Å². The van der Waals surface area contributed by atoms with Gasteiger partial charge in [-0.25, -0.2) is 0 Å². The van der Waals surface area contributed by atoms with Crippen LogP contribution in [0.2, 0.25) is 0 Å². The highest BCUT2D eigenvalue weighted by atomic mass is 32.2. The number of hydrogen-bond donors (Lipinski definition) is 1. The summed E-state index contributed by atoms with van der Waals surface area (Å²) in [6.07, 6.45) is 0. The van der Waals surface area contributed by atoms with Crippen molar-refractivity contribution in [1.29, 1.82) is 0 Å². The van der Waals surface area contributed by atoms with Gasteiger partial charge in [0.25, 0.3) is 0 Å². The van der Waals surface area contributed by atoms with E-state index < -0.39 is 0 Å². The van der Waals surface area contributed by atoms with Crippen LogP contribution in [0, 0.1) is 0 Å². The van der Waals surface area contributed by atoms with Gasteiger partial charge in [-0.3, -0.25) is 4.79 Å². The molecule has 1 N–H and O–H groups in total. The van der Waals surface area contributed by atoms with E-state index in [2.05, 4.69) is 0 Å². The molecular weight excluding hydrogens is 244 g/mol. The number of Topliss-reactive ketones (excluding diaryl/α,β-unsaturated/α-hetero) is 1. The molecule has 0 bridgehead atoms. The Morgan fingerprint density at radius 2 is 1.89 bits per heavy atom. The number of benzene rings is 2. The van der Waals surface area contributed by atoms with Crippen molar-refractivity contribution in [3.05, 3.63) is 59.7 Å². The summed E-state index contributed by atoms with van der Waals surface area (Å²) in [5.74, 6) is 1.19. The molecule has 0 saturated carbocycles. The van der Waals surface area contributed by atoms with Crippen LogP contribution >= 0.6 is 11.8 Å². The van der Waals surface area contributed by atoms with Crippen LogP contribution < -0.4 is 0 Å². The smallest absolute Gasteiger partial charge is 0.159 e. The Morgan fingerprint density at radius 3 is 2.56 bits per heavy atom. The van der Waals surface area contributed by atoms with Crippen molar-refractivity contribution in [3.63, 3.8) is 0 Å². The summed E-state index contributed by atoms with van der Waals surface area (Å²) in [6.45, 7) is 1.57. The molecule has 2 nitrogen and oxygen atoms in total. The number of thioether (sulfide) groups is 1. The van der Waals surface area contributed by atoms with Gasteiger partial charge in [0.05, 0.1) is 0 Å². The summed E-state index contributed by atoms with van der Waals surface area (Å²) >= 11 is 1.68. The summed E-state index contributed by atoms with van der Waals surface area (Å²) in [6, 6.07) is 14.8. The molecule has 0 aliphatic carbocycles. The minimum Gasteiger partial charge on any atom is -0.508 e. The van der Waals surface area contributed by atoms with Gasteiger partial charge in [-0.2, -0.15) is 0 Å². The van der Waals surface area contributed by atoms with E-state index in [4.69, 9.17) is 0 Å². The molecule has 2 rings (SSSR count). The molecule has 0 amide bonds. The first-order valence-corrected chi connectivity index (χ1v) is 6.65. The Kier molecular flexibility index (Phi) is 4.05. The van der Waals surface area contributed by atoms with Gasteiger partial charge in [-0.15, -0.1) is 11.8 Å². The number of aromatic hydroxyl groups is 1. The molecule has 0 aliphatic heterocycles. The number of carbonyl (C=O) groups excluding carboxylic acids is 1. The molecule has 0 radical (unpaired) electrons. The van der Waals surface area contributed by atoms with Gasteiger partial charge >= 0.3 is 0 Å². The summed E-state index contributed by atoms with van der Waals surface area (Å²) in [4.78, 5) is 12.4. The van der Waals surface area contributed by atoms with Crippen molar-refractivity contribution >= 4 is 17.5 Å². The van der Waals surface area contributed by atoms with Crippen LogP contribution in [0.25, 0.3) is 0 Å². The van der Waals surface area contributed by atoms with E-state index >= 15 is 0 Å². The Morgan fingerprint density at radius 1 is 1.17 bits per heavy atom. The zero-order valence-electron chi connectivity index (χ0n) is 10.1. The zero-order chi connectivity index (χ0) is 13.0. The molecular formula is C15H14O2S. The first-order valence-electron chi connectivity index (χ1n) is 5.67. The van der Waals surface area contributed by atoms with Crippen LogP contribution in [0.15, 0.2) is 53.4 Å². The third kappa shape index (κ3) is 3.37. The average Bonchev–Trinajstić information content (AvgIpc) is 2.38. The van der Waals surface area contributed by atoms with E-state index in [1.165, 1.54) is 0 Å². The molecule has 0 saturated heterocycles. The van der Waals surface area contributed by atoms with Gasteiger partial charge in [0.1, 0.15) is 5.75 Å². The van der Waals surface area contributed by atoms with E-state index in [1.54, 1.807) is 30.8 Å². The monoisotopic (exact) mass is 258 g/mol. The Hall–Kier alpha value is -1.74. The second-order valence-electron chi connectivity index (χ2n) is 4.04. The lowest BCUT2D eigenvalue weighted by Crippen LogP contribution is -1.91. The topological polar surface area (TPSA) is 37.3 Å². The quantitative estimate of drug-likeness (QED) is 0.668. The molecule has 18 heavy (non-hydrogen) atoms. The maximum Gasteiger partial charge on any atom is 0.159 e. The fraction of sp³-hybridized carbons (Fsp3) is 0.133. The minimum absolute atomic E-state index is 0.0853. The number of carbonyl (C=O) groups is 1. The molecule has 0 aromatic heterocycles. The highest BCUT2D eigenvalue weighted by Gasteiger charge is 2.01. The fourth-order valence-electron chi connectivity index (χ4n) is 1.56. The third-order valence-electron chi connectivity index (χ3n) is 2.58. The average molecular weight is 258 g/mol. The van der Waals surface area contributed by atoms with Crippen LogP contribution in [-0.4, -0.2) is 10.9 Å². The summed E-state index contributed by atoms with van der Waals surface area (Å²) < 4.78 is 0. The standard InChI is InChI=1S/C15H14O2S/c1-11(16)13-3-2-4-15(9-13)18-10-12-5-7-14(17)8-6-12/h2-9,17H,10H2,1H3. The first kappa shape index (κ1) is 12.7. The lowest BCUT2D eigenvalue weighted by Gasteiger charge is -2.04. The van der Waals surface area contributed by atoms with Gasteiger partial charge in [0.2, 0.25) is 0 Å². The van der Waals surface area contributed by atoms with Gasteiger partial charge in [-0.1, -0.05) is 24.3 Å². The normalized spacial score (nSPS) is 10.3. The lowest BCUT2D eigenvalue weighted by atomic mass is 10.2. The van der Waals surface area contributed by atoms with Gasteiger partial charge in [0.15, 0.2) is 5.78 Å². The summed E-state index contributed by atoms with van der Waals surface area (Å²) in [5, 5.41) is 9.20. The van der Waals surface area contributed by atoms with E-state index in [-0.39, 0.29) is 11.5 Å². The first-order chi connectivity index (χ1) is 8.65. The number of phenolic OH excluding ortho intramolecular Hbond substituents is 1. The molecule has 92 valence electrons. The molecule has 0 atom stereocenters. The SMILES string of the molecule is CC(=O)c1cccc(SCc2ccc(O)cc2)c1.